The van der Waals surface area contributed by atoms with Crippen molar-refractivity contribution in [2.24, 2.45) is 0 Å². The van der Waals surface area contributed by atoms with Crippen LogP contribution >= 0.6 is 0 Å². The summed E-state index contributed by atoms with van der Waals surface area (Å²) in [7, 11) is 0. The number of alkyl halides is 3. The van der Waals surface area contributed by atoms with Crippen molar-refractivity contribution in [3.63, 3.8) is 0 Å². The van der Waals surface area contributed by atoms with Gasteiger partial charge in [0.15, 0.2) is 0 Å². The highest BCUT2D eigenvalue weighted by Crippen LogP contribution is 2.38. The van der Waals surface area contributed by atoms with Crippen LogP contribution in [0.15, 0.2) is 54.7 Å². The Balaban J connectivity index is 1.47. The smallest absolute Gasteiger partial charge is 0.382 e. The number of pyridine rings is 1. The van der Waals surface area contributed by atoms with Crippen molar-refractivity contribution in [1.82, 2.24) is 4.98 Å². The zero-order valence-corrected chi connectivity index (χ0v) is 15.0. The summed E-state index contributed by atoms with van der Waals surface area (Å²) in [6.07, 6.45) is -1.44. The molecule has 4 rings (SSSR count). The minimum absolute atomic E-state index is 0.0561. The third-order valence-electron chi connectivity index (χ3n) is 5.14. The molecule has 1 saturated heterocycles. The molecule has 3 aromatic rings. The highest BCUT2D eigenvalue weighted by Gasteiger charge is 2.34. The molecular weight excluding hydrogens is 367 g/mol. The van der Waals surface area contributed by atoms with Gasteiger partial charge in [0.1, 0.15) is 0 Å². The molecule has 2 heterocycles. The summed E-state index contributed by atoms with van der Waals surface area (Å²) >= 11 is 0. The summed E-state index contributed by atoms with van der Waals surface area (Å²) in [5.41, 5.74) is 0.738. The van der Waals surface area contributed by atoms with Crippen molar-refractivity contribution < 1.29 is 18.3 Å². The van der Waals surface area contributed by atoms with Crippen molar-refractivity contribution in [3.8, 4) is 5.75 Å². The molecule has 2 aromatic carbocycles. The Morgan fingerprint density at radius 3 is 2.50 bits per heavy atom. The Morgan fingerprint density at radius 2 is 1.75 bits per heavy atom. The summed E-state index contributed by atoms with van der Waals surface area (Å²) in [6.45, 7) is 1.21. The number of benzene rings is 2. The second-order valence-electron chi connectivity index (χ2n) is 6.93. The van der Waals surface area contributed by atoms with E-state index in [0.29, 0.717) is 42.5 Å². The minimum atomic E-state index is -4.39. The number of para-hydroxylation sites is 1. The maximum atomic E-state index is 13.2. The van der Waals surface area contributed by atoms with Crippen LogP contribution in [0.5, 0.6) is 5.75 Å². The first kappa shape index (κ1) is 18.4. The molecule has 28 heavy (non-hydrogen) atoms. The molecule has 145 valence electrons. The highest BCUT2D eigenvalue weighted by molar-refractivity contribution is 5.90. The van der Waals surface area contributed by atoms with Crippen LogP contribution in [0.2, 0.25) is 0 Å². The summed E-state index contributed by atoms with van der Waals surface area (Å²) in [5.74, 6) is -0.0561. The van der Waals surface area contributed by atoms with E-state index in [2.05, 4.69) is 10.3 Å². The molecule has 4 nitrogen and oxygen atoms in total. The normalized spacial score (nSPS) is 15.8. The maximum Gasteiger partial charge on any atom is 0.418 e. The Kier molecular flexibility index (Phi) is 4.75. The van der Waals surface area contributed by atoms with Crippen molar-refractivity contribution in [1.29, 1.82) is 0 Å². The molecule has 1 aliphatic rings. The molecule has 1 fully saturated rings. The van der Waals surface area contributed by atoms with Crippen LogP contribution < -0.4 is 10.2 Å². The van der Waals surface area contributed by atoms with Crippen LogP contribution in [0.25, 0.3) is 10.9 Å². The molecule has 7 heteroatoms. The van der Waals surface area contributed by atoms with E-state index in [1.54, 1.807) is 30.5 Å². The number of halogens is 3. The van der Waals surface area contributed by atoms with Crippen LogP contribution in [-0.4, -0.2) is 24.1 Å². The number of nitrogens with zero attached hydrogens (tertiary/aromatic N) is 2. The van der Waals surface area contributed by atoms with E-state index >= 15 is 0 Å². The molecule has 1 aromatic heterocycles. The Hall–Kier alpha value is -2.96. The molecule has 0 spiro atoms. The van der Waals surface area contributed by atoms with Gasteiger partial charge in [0, 0.05) is 36.4 Å². The lowest BCUT2D eigenvalue weighted by Crippen LogP contribution is -2.39. The topological polar surface area (TPSA) is 48.1 Å². The largest absolute Gasteiger partial charge is 0.418 e. The molecule has 1 N–H and O–H groups in total. The highest BCUT2D eigenvalue weighted by atomic mass is 19.4. The number of fused-ring (bicyclic) bond motifs is 1. The van der Waals surface area contributed by atoms with Crippen LogP contribution in [-0.2, 0) is 11.3 Å². The van der Waals surface area contributed by atoms with E-state index in [9.17, 15) is 18.3 Å². The first-order valence-electron chi connectivity index (χ1n) is 9.16. The van der Waals surface area contributed by atoms with Crippen molar-refractivity contribution >= 4 is 22.3 Å². The maximum absolute atomic E-state index is 13.2. The Labute approximate surface area is 160 Å². The van der Waals surface area contributed by atoms with Gasteiger partial charge in [-0.15, -0.1) is 0 Å². The average Bonchev–Trinajstić information content (AvgIpc) is 2.69. The first-order valence-corrected chi connectivity index (χ1v) is 9.16. The van der Waals surface area contributed by atoms with E-state index in [4.69, 9.17) is 0 Å². The molecule has 1 aliphatic heterocycles. The number of rotatable bonds is 3. The van der Waals surface area contributed by atoms with E-state index in [0.717, 1.165) is 6.07 Å². The number of hydrogen-bond donors (Lipinski definition) is 1. The van der Waals surface area contributed by atoms with Gasteiger partial charge in [-0.25, -0.2) is 0 Å². The van der Waals surface area contributed by atoms with Gasteiger partial charge in [0.2, 0.25) is 5.75 Å². The summed E-state index contributed by atoms with van der Waals surface area (Å²) in [5, 5.41) is 16.4. The van der Waals surface area contributed by atoms with Gasteiger partial charge >= 0.3 is 6.18 Å². The predicted molar refractivity (Wildman–Crippen MR) is 102 cm³/mol. The molecule has 0 unspecified atom stereocenters. The van der Waals surface area contributed by atoms with Crippen molar-refractivity contribution in [2.75, 3.05) is 23.3 Å². The Morgan fingerprint density at radius 1 is 1.00 bits per heavy atom. The van der Waals surface area contributed by atoms with Gasteiger partial charge < -0.3 is 10.2 Å². The van der Waals surface area contributed by atoms with Crippen LogP contribution in [0.1, 0.15) is 18.4 Å². The minimum Gasteiger partial charge on any atom is -0.382 e. The molecule has 0 aliphatic carbocycles. The molecule has 1 radical (unpaired) electrons. The zero-order chi connectivity index (χ0) is 19.7. The fourth-order valence-corrected chi connectivity index (χ4v) is 3.70. The van der Waals surface area contributed by atoms with Crippen molar-refractivity contribution in [3.05, 3.63) is 60.3 Å². The lowest BCUT2D eigenvalue weighted by Gasteiger charge is -2.35. The number of hydrogen-bond acceptors (Lipinski definition) is 3. The molecule has 0 amide bonds. The first-order chi connectivity index (χ1) is 13.4. The third-order valence-corrected chi connectivity index (χ3v) is 5.14. The van der Waals surface area contributed by atoms with Gasteiger partial charge in [-0.05, 0) is 49.2 Å². The SMILES string of the molecule is [O]c1c(N2CCC(Nc3ccccc3C(F)(F)F)CC2)ccc2ncccc12. The van der Waals surface area contributed by atoms with Crippen LogP contribution in [0.3, 0.4) is 0 Å². The van der Waals surface area contributed by atoms with Crippen LogP contribution in [0.4, 0.5) is 24.5 Å². The van der Waals surface area contributed by atoms with E-state index in [1.165, 1.54) is 12.1 Å². The number of nitrogens with one attached hydrogen (secondary N) is 1. The van der Waals surface area contributed by atoms with Gasteiger partial charge in [0.05, 0.1) is 16.8 Å². The average molecular weight is 386 g/mol. The van der Waals surface area contributed by atoms with E-state index < -0.39 is 11.7 Å². The summed E-state index contributed by atoms with van der Waals surface area (Å²) in [6, 6.07) is 12.6. The standard InChI is InChI=1S/C21H19F3N3O/c22-21(23,24)16-5-1-2-6-18(16)26-14-9-12-27(13-10-14)19-8-7-17-15(20(19)28)4-3-11-25-17/h1-8,11,14,26H,9-10,12-13H2. The molecular formula is C21H19F3N3O. The zero-order valence-electron chi connectivity index (χ0n) is 15.0. The second kappa shape index (κ2) is 7.22. The van der Waals surface area contributed by atoms with Gasteiger partial charge in [-0.1, -0.05) is 12.1 Å². The number of anilines is 2. The lowest BCUT2D eigenvalue weighted by molar-refractivity contribution is -0.137. The van der Waals surface area contributed by atoms with Gasteiger partial charge in [-0.3, -0.25) is 10.1 Å². The lowest BCUT2D eigenvalue weighted by atomic mass is 10.0. The fourth-order valence-electron chi connectivity index (χ4n) is 3.70. The van der Waals surface area contributed by atoms with Crippen LogP contribution in [0, 0.1) is 0 Å². The van der Waals surface area contributed by atoms with Gasteiger partial charge in [0.25, 0.3) is 0 Å². The Bertz CT molecular complexity index is 982. The number of piperidine rings is 1. The van der Waals surface area contributed by atoms with Crippen molar-refractivity contribution in [2.45, 2.75) is 25.1 Å². The molecule has 0 bridgehead atoms. The second-order valence-corrected chi connectivity index (χ2v) is 6.93. The summed E-state index contributed by atoms with van der Waals surface area (Å²) < 4.78 is 39.5. The number of aromatic nitrogens is 1. The molecule has 0 saturated carbocycles. The van der Waals surface area contributed by atoms with E-state index in [-0.39, 0.29) is 17.5 Å². The van der Waals surface area contributed by atoms with Gasteiger partial charge in [-0.2, -0.15) is 13.2 Å². The fraction of sp³-hybridized carbons (Fsp3) is 0.286. The predicted octanol–water partition coefficient (Wildman–Crippen LogP) is 5.48. The monoisotopic (exact) mass is 386 g/mol. The third kappa shape index (κ3) is 3.56. The molecule has 0 atom stereocenters. The van der Waals surface area contributed by atoms with E-state index in [1.807, 2.05) is 11.0 Å². The summed E-state index contributed by atoms with van der Waals surface area (Å²) in [4.78, 5) is 6.20. The quantitative estimate of drug-likeness (QED) is 0.649.